The van der Waals surface area contributed by atoms with Gasteiger partial charge in [0.2, 0.25) is 0 Å². The van der Waals surface area contributed by atoms with Gasteiger partial charge in [0.1, 0.15) is 17.6 Å². The van der Waals surface area contributed by atoms with Gasteiger partial charge in [-0.05, 0) is 42.8 Å². The molecule has 2 rings (SSSR count). The fourth-order valence-electron chi connectivity index (χ4n) is 1.96. The summed E-state index contributed by atoms with van der Waals surface area (Å²) in [5.74, 6) is 1.54. The van der Waals surface area contributed by atoms with Gasteiger partial charge in [-0.25, -0.2) is 0 Å². The topological polar surface area (TPSA) is 54.3 Å². The van der Waals surface area contributed by atoms with Crippen LogP contribution in [0.2, 0.25) is 0 Å². The molecule has 0 radical (unpaired) electrons. The van der Waals surface area contributed by atoms with E-state index < -0.39 is 0 Å². The summed E-state index contributed by atoms with van der Waals surface area (Å²) in [7, 11) is 3.24. The number of nitrogens with zero attached hydrogens (tertiary/aromatic N) is 1. The first kappa shape index (κ1) is 13.8. The maximum atomic E-state index is 9.15. The minimum absolute atomic E-state index is 0.569. The van der Waals surface area contributed by atoms with Crippen molar-refractivity contribution in [3.05, 3.63) is 47.5 Å². The molecule has 0 unspecified atom stereocenters. The first-order valence-electron chi connectivity index (χ1n) is 6.17. The molecule has 1 N–H and O–H groups in total. The predicted molar refractivity (Wildman–Crippen MR) is 78.7 cm³/mol. The lowest BCUT2D eigenvalue weighted by Gasteiger charge is -2.12. The summed E-state index contributed by atoms with van der Waals surface area (Å²) in [5.41, 5.74) is 3.21. The average Bonchev–Trinajstić information content (AvgIpc) is 2.47. The van der Waals surface area contributed by atoms with E-state index in [0.29, 0.717) is 11.3 Å². The van der Waals surface area contributed by atoms with Gasteiger partial charge < -0.3 is 14.8 Å². The lowest BCUT2D eigenvalue weighted by molar-refractivity contribution is 0.412. The van der Waals surface area contributed by atoms with Crippen LogP contribution in [0.15, 0.2) is 36.4 Å². The normalized spacial score (nSPS) is 9.70. The number of aryl methyl sites for hydroxylation is 1. The molecule has 4 nitrogen and oxygen atoms in total. The molecular formula is C16H16N2O2. The Morgan fingerprint density at radius 1 is 1.05 bits per heavy atom. The molecule has 0 aliphatic rings. The molecule has 2 aromatic carbocycles. The smallest absolute Gasteiger partial charge is 0.121 e. The van der Waals surface area contributed by atoms with Crippen molar-refractivity contribution in [3.8, 4) is 17.6 Å². The van der Waals surface area contributed by atoms with Crippen molar-refractivity contribution in [2.24, 2.45) is 0 Å². The Kier molecular flexibility index (Phi) is 4.11. The van der Waals surface area contributed by atoms with Crippen LogP contribution in [0, 0.1) is 18.3 Å². The third kappa shape index (κ3) is 2.83. The monoisotopic (exact) mass is 268 g/mol. The Morgan fingerprint density at radius 3 is 2.45 bits per heavy atom. The van der Waals surface area contributed by atoms with Gasteiger partial charge >= 0.3 is 0 Å². The minimum Gasteiger partial charge on any atom is -0.497 e. The van der Waals surface area contributed by atoms with Gasteiger partial charge in [0.15, 0.2) is 0 Å². The van der Waals surface area contributed by atoms with Gasteiger partial charge in [0.25, 0.3) is 0 Å². The van der Waals surface area contributed by atoms with E-state index in [0.717, 1.165) is 22.7 Å². The molecule has 0 atom stereocenters. The highest BCUT2D eigenvalue weighted by Crippen LogP contribution is 2.28. The molecule has 2 aromatic rings. The maximum Gasteiger partial charge on any atom is 0.121 e. The number of nitriles is 1. The Morgan fingerprint density at radius 2 is 1.85 bits per heavy atom. The van der Waals surface area contributed by atoms with Crippen LogP contribution in [0.5, 0.6) is 11.5 Å². The van der Waals surface area contributed by atoms with Crippen LogP contribution in [0.4, 0.5) is 11.4 Å². The van der Waals surface area contributed by atoms with Crippen molar-refractivity contribution in [1.82, 2.24) is 0 Å². The standard InChI is InChI=1S/C16H16N2O2/c1-11-8-13(5-7-16(11)20-3)18-15-9-14(19-2)6-4-12(15)10-17/h4-9,18H,1-3H3. The van der Waals surface area contributed by atoms with E-state index in [-0.39, 0.29) is 0 Å². The molecule has 0 bridgehead atoms. The highest BCUT2D eigenvalue weighted by molar-refractivity contribution is 5.69. The Labute approximate surface area is 118 Å². The number of hydrogen-bond donors (Lipinski definition) is 1. The zero-order valence-electron chi connectivity index (χ0n) is 11.7. The average molecular weight is 268 g/mol. The zero-order chi connectivity index (χ0) is 14.5. The number of benzene rings is 2. The Bertz CT molecular complexity index is 660. The van der Waals surface area contributed by atoms with E-state index in [1.807, 2.05) is 25.1 Å². The molecule has 102 valence electrons. The van der Waals surface area contributed by atoms with Gasteiger partial charge in [0.05, 0.1) is 25.5 Å². The maximum absolute atomic E-state index is 9.15. The van der Waals surface area contributed by atoms with Crippen molar-refractivity contribution < 1.29 is 9.47 Å². The van der Waals surface area contributed by atoms with Crippen LogP contribution in [-0.2, 0) is 0 Å². The van der Waals surface area contributed by atoms with Crippen LogP contribution < -0.4 is 14.8 Å². The molecule has 0 fully saturated rings. The lowest BCUT2D eigenvalue weighted by atomic mass is 10.1. The van der Waals surface area contributed by atoms with Crippen molar-refractivity contribution >= 4 is 11.4 Å². The van der Waals surface area contributed by atoms with E-state index in [1.54, 1.807) is 32.4 Å². The SMILES string of the molecule is COc1ccc(C#N)c(Nc2ccc(OC)c(C)c2)c1. The largest absolute Gasteiger partial charge is 0.497 e. The number of nitrogens with one attached hydrogen (secondary N) is 1. The van der Waals surface area contributed by atoms with E-state index in [1.165, 1.54) is 0 Å². The van der Waals surface area contributed by atoms with Crippen LogP contribution in [0.3, 0.4) is 0 Å². The molecule has 4 heteroatoms. The lowest BCUT2D eigenvalue weighted by Crippen LogP contribution is -1.96. The van der Waals surface area contributed by atoms with Crippen molar-refractivity contribution in [3.63, 3.8) is 0 Å². The Hall–Kier alpha value is -2.67. The fraction of sp³-hybridized carbons (Fsp3) is 0.188. The molecule has 20 heavy (non-hydrogen) atoms. The molecule has 0 heterocycles. The predicted octanol–water partition coefficient (Wildman–Crippen LogP) is 3.63. The van der Waals surface area contributed by atoms with E-state index >= 15 is 0 Å². The number of ether oxygens (including phenoxy) is 2. The summed E-state index contributed by atoms with van der Waals surface area (Å²) < 4.78 is 10.4. The van der Waals surface area contributed by atoms with Crippen molar-refractivity contribution in [2.45, 2.75) is 6.92 Å². The summed E-state index contributed by atoms with van der Waals surface area (Å²) in [5, 5.41) is 12.4. The third-order valence-corrected chi connectivity index (χ3v) is 3.02. The molecule has 0 aliphatic heterocycles. The number of anilines is 2. The first-order chi connectivity index (χ1) is 9.67. The quantitative estimate of drug-likeness (QED) is 0.920. The first-order valence-corrected chi connectivity index (χ1v) is 6.17. The van der Waals surface area contributed by atoms with Gasteiger partial charge in [0, 0.05) is 11.8 Å². The van der Waals surface area contributed by atoms with E-state index in [4.69, 9.17) is 14.7 Å². The number of methoxy groups -OCH3 is 2. The minimum atomic E-state index is 0.569. The second kappa shape index (κ2) is 5.98. The van der Waals surface area contributed by atoms with Crippen molar-refractivity contribution in [2.75, 3.05) is 19.5 Å². The highest BCUT2D eigenvalue weighted by Gasteiger charge is 2.06. The third-order valence-electron chi connectivity index (χ3n) is 3.02. The second-order valence-electron chi connectivity index (χ2n) is 4.33. The summed E-state index contributed by atoms with van der Waals surface area (Å²) >= 11 is 0. The van der Waals surface area contributed by atoms with Crippen LogP contribution in [-0.4, -0.2) is 14.2 Å². The fourth-order valence-corrected chi connectivity index (χ4v) is 1.96. The molecule has 0 aliphatic carbocycles. The number of rotatable bonds is 4. The van der Waals surface area contributed by atoms with Gasteiger partial charge in [-0.3, -0.25) is 0 Å². The summed E-state index contributed by atoms with van der Waals surface area (Å²) in [6, 6.07) is 13.2. The summed E-state index contributed by atoms with van der Waals surface area (Å²) in [6.07, 6.45) is 0. The molecular weight excluding hydrogens is 252 g/mol. The summed E-state index contributed by atoms with van der Waals surface area (Å²) in [6.45, 7) is 1.97. The molecule has 0 saturated carbocycles. The molecule has 0 saturated heterocycles. The zero-order valence-corrected chi connectivity index (χ0v) is 11.7. The second-order valence-corrected chi connectivity index (χ2v) is 4.33. The number of hydrogen-bond acceptors (Lipinski definition) is 4. The van der Waals surface area contributed by atoms with Gasteiger partial charge in [-0.2, -0.15) is 5.26 Å². The molecule has 0 spiro atoms. The van der Waals surface area contributed by atoms with Gasteiger partial charge in [-0.1, -0.05) is 0 Å². The van der Waals surface area contributed by atoms with Crippen LogP contribution in [0.1, 0.15) is 11.1 Å². The molecule has 0 aromatic heterocycles. The summed E-state index contributed by atoms with van der Waals surface area (Å²) in [4.78, 5) is 0. The highest BCUT2D eigenvalue weighted by atomic mass is 16.5. The van der Waals surface area contributed by atoms with Crippen LogP contribution in [0.25, 0.3) is 0 Å². The van der Waals surface area contributed by atoms with Crippen molar-refractivity contribution in [1.29, 1.82) is 5.26 Å². The van der Waals surface area contributed by atoms with E-state index in [9.17, 15) is 0 Å². The van der Waals surface area contributed by atoms with Gasteiger partial charge in [-0.15, -0.1) is 0 Å². The molecule has 0 amide bonds. The van der Waals surface area contributed by atoms with E-state index in [2.05, 4.69) is 11.4 Å². The van der Waals surface area contributed by atoms with Crippen LogP contribution >= 0.6 is 0 Å². The Balaban J connectivity index is 2.34.